The van der Waals surface area contributed by atoms with Crippen molar-refractivity contribution in [2.24, 2.45) is 5.73 Å². The zero-order valence-electron chi connectivity index (χ0n) is 14.0. The van der Waals surface area contributed by atoms with Crippen molar-refractivity contribution in [3.05, 3.63) is 0 Å². The second-order valence-corrected chi connectivity index (χ2v) is 6.36. The fourth-order valence-electron chi connectivity index (χ4n) is 2.62. The highest BCUT2D eigenvalue weighted by molar-refractivity contribution is 7.75. The van der Waals surface area contributed by atoms with E-state index in [0.717, 1.165) is 12.8 Å². The predicted octanol–water partition coefficient (Wildman–Crippen LogP) is 5.18. The lowest BCUT2D eigenvalue weighted by Crippen LogP contribution is -2.47. The summed E-state index contributed by atoms with van der Waals surface area (Å²) in [6, 6.07) is 0. The zero-order chi connectivity index (χ0) is 16.0. The lowest BCUT2D eigenvalue weighted by atomic mass is 9.90. The first-order valence-electron chi connectivity index (χ1n) is 8.75. The maximum atomic E-state index is 11.6. The number of rotatable bonds is 14. The fraction of sp³-hybridized carbons (Fsp3) is 0.941. The quantitative estimate of drug-likeness (QED) is 0.263. The Kier molecular flexibility index (Phi) is 13.3. The lowest BCUT2D eigenvalue weighted by Gasteiger charge is -2.24. The van der Waals surface area contributed by atoms with Crippen LogP contribution in [0.3, 0.4) is 0 Å². The minimum absolute atomic E-state index is 0.402. The van der Waals surface area contributed by atoms with E-state index in [2.05, 4.69) is 24.0 Å². The Morgan fingerprint density at radius 3 is 1.71 bits per heavy atom. The summed E-state index contributed by atoms with van der Waals surface area (Å²) in [5, 5.41) is 0. The van der Waals surface area contributed by atoms with E-state index in [1.807, 2.05) is 6.92 Å². The van der Waals surface area contributed by atoms with Crippen LogP contribution in [0.2, 0.25) is 0 Å². The fourth-order valence-corrected chi connectivity index (χ4v) is 2.80. The van der Waals surface area contributed by atoms with Crippen molar-refractivity contribution in [2.45, 2.75) is 103 Å². The van der Waals surface area contributed by atoms with Gasteiger partial charge in [0.2, 0.25) is 0 Å². The van der Waals surface area contributed by atoms with Gasteiger partial charge >= 0.3 is 5.97 Å². The molecule has 4 heteroatoms. The normalized spacial score (nSPS) is 13.9. The van der Waals surface area contributed by atoms with Crippen LogP contribution in [0.25, 0.3) is 0 Å². The van der Waals surface area contributed by atoms with Crippen molar-refractivity contribution in [2.75, 3.05) is 0 Å². The highest BCUT2D eigenvalue weighted by Gasteiger charge is 2.32. The lowest BCUT2D eigenvalue weighted by molar-refractivity contribution is -0.139. The third-order valence-corrected chi connectivity index (χ3v) is 4.51. The maximum absolute atomic E-state index is 11.6. The molecule has 0 rings (SSSR count). The molecular weight excluding hydrogens is 282 g/mol. The second-order valence-electron chi connectivity index (χ2n) is 6.17. The predicted molar refractivity (Wildman–Crippen MR) is 93.4 cm³/mol. The second kappa shape index (κ2) is 13.4. The van der Waals surface area contributed by atoms with E-state index in [9.17, 15) is 4.79 Å². The number of carbonyl (C=O) groups excluding carboxylic acids is 1. The molecule has 0 aliphatic carbocycles. The Morgan fingerprint density at radius 1 is 0.905 bits per heavy atom. The zero-order valence-corrected chi connectivity index (χ0v) is 14.9. The molecule has 1 atom stereocenters. The molecule has 0 radical (unpaired) electrons. The van der Waals surface area contributed by atoms with Gasteiger partial charge in [-0.05, 0) is 12.8 Å². The summed E-state index contributed by atoms with van der Waals surface area (Å²) < 4.78 is 4.49. The number of hydrogen-bond donors (Lipinski definition) is 2. The van der Waals surface area contributed by atoms with E-state index in [1.165, 1.54) is 57.8 Å². The molecule has 0 aliphatic rings. The molecule has 0 fully saturated rings. The van der Waals surface area contributed by atoms with Crippen LogP contribution in [-0.2, 0) is 8.98 Å². The molecular formula is C17H35NO2S. The summed E-state index contributed by atoms with van der Waals surface area (Å²) >= 11 is 3.57. The summed E-state index contributed by atoms with van der Waals surface area (Å²) in [6.07, 6.45) is 15.6. The molecule has 0 amide bonds. The van der Waals surface area contributed by atoms with Gasteiger partial charge in [-0.3, -0.25) is 0 Å². The van der Waals surface area contributed by atoms with E-state index in [0.29, 0.717) is 12.8 Å². The number of carbonyl (C=O) groups is 1. The van der Waals surface area contributed by atoms with Crippen LogP contribution < -0.4 is 5.73 Å². The van der Waals surface area contributed by atoms with Crippen LogP contribution in [0.15, 0.2) is 0 Å². The Bertz CT molecular complexity index is 261. The summed E-state index contributed by atoms with van der Waals surface area (Å²) in [5.41, 5.74) is 5.20. The molecule has 0 heterocycles. The molecule has 2 N–H and O–H groups in total. The smallest absolute Gasteiger partial charge is 0.337 e. The Hall–Kier alpha value is -0.220. The summed E-state index contributed by atoms with van der Waals surface area (Å²) in [4.78, 5) is 11.6. The minimum Gasteiger partial charge on any atom is -0.393 e. The van der Waals surface area contributed by atoms with Gasteiger partial charge in [-0.15, -0.1) is 0 Å². The third kappa shape index (κ3) is 10.2. The molecule has 3 nitrogen and oxygen atoms in total. The molecule has 0 aromatic rings. The van der Waals surface area contributed by atoms with Gasteiger partial charge in [0, 0.05) is 12.9 Å². The molecule has 0 saturated carbocycles. The summed E-state index contributed by atoms with van der Waals surface area (Å²) in [6.45, 7) is 4.17. The van der Waals surface area contributed by atoms with Gasteiger partial charge in [0.1, 0.15) is 5.54 Å². The van der Waals surface area contributed by atoms with Crippen LogP contribution >= 0.6 is 12.9 Å². The van der Waals surface area contributed by atoms with Crippen molar-refractivity contribution >= 4 is 18.9 Å². The third-order valence-electron chi connectivity index (χ3n) is 4.35. The van der Waals surface area contributed by atoms with E-state index in [-0.39, 0.29) is 0 Å². The Morgan fingerprint density at radius 2 is 1.33 bits per heavy atom. The molecule has 126 valence electrons. The van der Waals surface area contributed by atoms with Gasteiger partial charge in [-0.2, -0.15) is 0 Å². The van der Waals surface area contributed by atoms with Gasteiger partial charge in [0.15, 0.2) is 0 Å². The van der Waals surface area contributed by atoms with Gasteiger partial charge in [-0.25, -0.2) is 4.79 Å². The molecule has 0 aliphatic heterocycles. The first kappa shape index (κ1) is 20.8. The van der Waals surface area contributed by atoms with Crippen molar-refractivity contribution in [3.63, 3.8) is 0 Å². The molecule has 0 aromatic heterocycles. The highest BCUT2D eigenvalue weighted by Crippen LogP contribution is 2.20. The monoisotopic (exact) mass is 317 g/mol. The van der Waals surface area contributed by atoms with Crippen LogP contribution in [0.4, 0.5) is 0 Å². The van der Waals surface area contributed by atoms with Crippen LogP contribution in [0.1, 0.15) is 97.3 Å². The van der Waals surface area contributed by atoms with Crippen LogP contribution in [-0.4, -0.2) is 11.5 Å². The van der Waals surface area contributed by atoms with Crippen molar-refractivity contribution in [1.29, 1.82) is 0 Å². The molecule has 0 spiro atoms. The van der Waals surface area contributed by atoms with Gasteiger partial charge in [0.05, 0.1) is 0 Å². The van der Waals surface area contributed by atoms with Crippen molar-refractivity contribution < 1.29 is 8.98 Å². The molecule has 0 aromatic carbocycles. The molecule has 0 saturated heterocycles. The summed E-state index contributed by atoms with van der Waals surface area (Å²) in [5.74, 6) is -0.402. The van der Waals surface area contributed by atoms with Gasteiger partial charge in [-0.1, -0.05) is 84.5 Å². The number of hydrogen-bond acceptors (Lipinski definition) is 4. The topological polar surface area (TPSA) is 52.3 Å². The largest absolute Gasteiger partial charge is 0.393 e. The van der Waals surface area contributed by atoms with Crippen LogP contribution in [0.5, 0.6) is 0 Å². The maximum Gasteiger partial charge on any atom is 0.337 e. The number of unbranched alkanes of at least 4 members (excludes halogenated alkanes) is 10. The van der Waals surface area contributed by atoms with E-state index in [4.69, 9.17) is 5.73 Å². The van der Waals surface area contributed by atoms with Gasteiger partial charge in [0.25, 0.3) is 0 Å². The highest BCUT2D eigenvalue weighted by atomic mass is 32.1. The number of thiol groups is 1. The first-order valence-corrected chi connectivity index (χ1v) is 9.12. The SMILES string of the molecule is CCCCCCCCCCCCCC(N)(CC)C(=O)OS. The molecule has 21 heavy (non-hydrogen) atoms. The first-order chi connectivity index (χ1) is 10.1. The van der Waals surface area contributed by atoms with Crippen molar-refractivity contribution in [3.8, 4) is 0 Å². The average Bonchev–Trinajstić information content (AvgIpc) is 2.51. The minimum atomic E-state index is -0.846. The Balaban J connectivity index is 3.45. The Labute approximate surface area is 137 Å². The van der Waals surface area contributed by atoms with Crippen molar-refractivity contribution in [1.82, 2.24) is 0 Å². The summed E-state index contributed by atoms with van der Waals surface area (Å²) in [7, 11) is 0. The number of nitrogens with two attached hydrogens (primary N) is 1. The van der Waals surface area contributed by atoms with E-state index < -0.39 is 11.5 Å². The molecule has 1 unspecified atom stereocenters. The van der Waals surface area contributed by atoms with E-state index >= 15 is 0 Å². The average molecular weight is 318 g/mol. The van der Waals surface area contributed by atoms with Crippen LogP contribution in [0, 0.1) is 0 Å². The molecule has 0 bridgehead atoms. The standard InChI is InChI=1S/C17H35NO2S/c1-3-5-6-7-8-9-10-11-12-13-14-15-17(18,4-2)16(19)20-21/h21H,3-15,18H2,1-2H3. The van der Waals surface area contributed by atoms with E-state index in [1.54, 1.807) is 0 Å². The van der Waals surface area contributed by atoms with Gasteiger partial charge < -0.3 is 9.92 Å².